The summed E-state index contributed by atoms with van der Waals surface area (Å²) < 4.78 is 11.5. The molecule has 0 aliphatic carbocycles. The van der Waals surface area contributed by atoms with Crippen LogP contribution in [0.25, 0.3) is 111 Å². The molecule has 0 aliphatic rings. The summed E-state index contributed by atoms with van der Waals surface area (Å²) in [7, 11) is 0. The number of hydrogen-bond donors (Lipinski definition) is 0. The van der Waals surface area contributed by atoms with E-state index in [2.05, 4.69) is 99.8 Å². The highest BCUT2D eigenvalue weighted by molar-refractivity contribution is 6.30. The Morgan fingerprint density at radius 1 is 0.353 bits per heavy atom. The summed E-state index contributed by atoms with van der Waals surface area (Å²) in [6.07, 6.45) is 0. The summed E-state index contributed by atoms with van der Waals surface area (Å²) in [4.78, 5) is 15.3. The van der Waals surface area contributed by atoms with E-state index < -0.39 is 0 Å². The van der Waals surface area contributed by atoms with Crippen LogP contribution in [-0.2, 0) is 0 Å². The third kappa shape index (κ3) is 3.52. The molecule has 6 nitrogen and oxygen atoms in total. The zero-order chi connectivity index (χ0) is 33.2. The van der Waals surface area contributed by atoms with Gasteiger partial charge in [0.1, 0.15) is 11.2 Å². The van der Waals surface area contributed by atoms with Gasteiger partial charge in [-0.3, -0.25) is 0 Å². The Kier molecular flexibility index (Phi) is 5.14. The lowest BCUT2D eigenvalue weighted by Gasteiger charge is -2.09. The largest absolute Gasteiger partial charge is 0.456 e. The van der Waals surface area contributed by atoms with Crippen LogP contribution in [0.15, 0.2) is 156 Å². The normalized spacial score (nSPS) is 12.3. The van der Waals surface area contributed by atoms with Crippen molar-refractivity contribution in [1.82, 2.24) is 23.8 Å². The first-order valence-corrected chi connectivity index (χ1v) is 17.1. The van der Waals surface area contributed by atoms with Gasteiger partial charge < -0.3 is 13.2 Å². The monoisotopic (exact) mass is 651 g/mol. The first-order valence-electron chi connectivity index (χ1n) is 17.1. The van der Waals surface area contributed by atoms with Gasteiger partial charge in [0.15, 0.2) is 17.5 Å². The van der Waals surface area contributed by atoms with E-state index in [1.165, 1.54) is 16.3 Å². The lowest BCUT2D eigenvalue weighted by atomic mass is 10.0. The van der Waals surface area contributed by atoms with Gasteiger partial charge in [0.05, 0.1) is 43.9 Å². The lowest BCUT2D eigenvalue weighted by Crippen LogP contribution is -2.00. The molecule has 236 valence electrons. The van der Waals surface area contributed by atoms with Gasteiger partial charge in [0.2, 0.25) is 0 Å². The number of furan rings is 1. The standard InChI is InChI=1S/C45H25N5O/c1-3-12-26(13-4-1)43-46-44(27-14-5-2-6-15-27)48-45(47-43)31-18-10-20-33-38(31)30-17-9-22-35-41(30)50(33)34-21-11-23-36-39(34)40-37(51-36)25-24-29-28-16-7-8-19-32(28)49(35)42(29)40/h1-25H. The van der Waals surface area contributed by atoms with Crippen LogP contribution in [0, 0.1) is 0 Å². The zero-order valence-corrected chi connectivity index (χ0v) is 27.1. The van der Waals surface area contributed by atoms with Gasteiger partial charge in [-0.25, -0.2) is 15.0 Å². The summed E-state index contributed by atoms with van der Waals surface area (Å²) in [6.45, 7) is 0. The van der Waals surface area contributed by atoms with Crippen LogP contribution in [0.2, 0.25) is 0 Å². The van der Waals surface area contributed by atoms with E-state index in [-0.39, 0.29) is 0 Å². The molecule has 0 bridgehead atoms. The molecule has 5 heterocycles. The second-order valence-corrected chi connectivity index (χ2v) is 13.2. The van der Waals surface area contributed by atoms with Crippen molar-refractivity contribution >= 4 is 76.6 Å². The van der Waals surface area contributed by atoms with Crippen LogP contribution in [0.1, 0.15) is 0 Å². The molecule has 12 aromatic rings. The number of fused-ring (bicyclic) bond motifs is 8. The molecule has 5 aromatic heterocycles. The Balaban J connectivity index is 1.31. The number of para-hydroxylation sites is 2. The minimum Gasteiger partial charge on any atom is -0.456 e. The van der Waals surface area contributed by atoms with Gasteiger partial charge >= 0.3 is 0 Å². The number of rotatable bonds is 3. The van der Waals surface area contributed by atoms with Crippen molar-refractivity contribution in [2.24, 2.45) is 0 Å². The average Bonchev–Trinajstić information content (AvgIpc) is 3.85. The van der Waals surface area contributed by atoms with E-state index in [9.17, 15) is 0 Å². The maximum Gasteiger partial charge on any atom is 0.164 e. The van der Waals surface area contributed by atoms with Crippen LogP contribution in [0.5, 0.6) is 0 Å². The van der Waals surface area contributed by atoms with Crippen molar-refractivity contribution in [3.63, 3.8) is 0 Å². The van der Waals surface area contributed by atoms with Crippen molar-refractivity contribution in [2.45, 2.75) is 0 Å². The van der Waals surface area contributed by atoms with Gasteiger partial charge in [-0.1, -0.05) is 109 Å². The Bertz CT molecular complexity index is 3300. The van der Waals surface area contributed by atoms with Gasteiger partial charge in [-0.15, -0.1) is 0 Å². The predicted octanol–water partition coefficient (Wildman–Crippen LogP) is 11.3. The van der Waals surface area contributed by atoms with E-state index in [1.807, 2.05) is 60.7 Å². The van der Waals surface area contributed by atoms with E-state index in [1.54, 1.807) is 0 Å². The smallest absolute Gasteiger partial charge is 0.164 e. The molecule has 0 atom stereocenters. The maximum absolute atomic E-state index is 6.61. The third-order valence-electron chi connectivity index (χ3n) is 10.5. The van der Waals surface area contributed by atoms with Crippen molar-refractivity contribution in [3.05, 3.63) is 152 Å². The highest BCUT2D eigenvalue weighted by Crippen LogP contribution is 2.45. The molecular formula is C45H25N5O. The van der Waals surface area contributed by atoms with Gasteiger partial charge in [-0.2, -0.15) is 0 Å². The molecule has 0 fully saturated rings. The van der Waals surface area contributed by atoms with Crippen molar-refractivity contribution in [3.8, 4) is 34.2 Å². The highest BCUT2D eigenvalue weighted by Gasteiger charge is 2.24. The number of nitrogens with zero attached hydrogens (tertiary/aromatic N) is 5. The molecule has 0 N–H and O–H groups in total. The predicted molar refractivity (Wildman–Crippen MR) is 207 cm³/mol. The van der Waals surface area contributed by atoms with Gasteiger partial charge in [0.25, 0.3) is 0 Å². The van der Waals surface area contributed by atoms with Crippen molar-refractivity contribution < 1.29 is 4.42 Å². The fraction of sp³-hybridized carbons (Fsp3) is 0. The molecule has 51 heavy (non-hydrogen) atoms. The molecule has 6 heteroatoms. The Hall–Kier alpha value is -7.05. The van der Waals surface area contributed by atoms with Crippen molar-refractivity contribution in [1.29, 1.82) is 0 Å². The zero-order valence-electron chi connectivity index (χ0n) is 27.1. The van der Waals surface area contributed by atoms with Crippen molar-refractivity contribution in [2.75, 3.05) is 0 Å². The molecule has 0 aliphatic heterocycles. The number of hydrogen-bond acceptors (Lipinski definition) is 4. The topological polar surface area (TPSA) is 60.6 Å². The molecule has 12 rings (SSSR count). The quantitative estimate of drug-likeness (QED) is 0.191. The van der Waals surface area contributed by atoms with E-state index in [4.69, 9.17) is 19.4 Å². The summed E-state index contributed by atoms with van der Waals surface area (Å²) in [5, 5.41) is 6.89. The maximum atomic E-state index is 6.61. The molecule has 0 amide bonds. The highest BCUT2D eigenvalue weighted by atomic mass is 16.3. The van der Waals surface area contributed by atoms with Crippen LogP contribution in [0.4, 0.5) is 0 Å². The lowest BCUT2D eigenvalue weighted by molar-refractivity contribution is 0.669. The average molecular weight is 652 g/mol. The van der Waals surface area contributed by atoms with E-state index in [0.717, 1.165) is 77.0 Å². The molecule has 0 radical (unpaired) electrons. The molecule has 0 saturated heterocycles. The second-order valence-electron chi connectivity index (χ2n) is 13.2. The van der Waals surface area contributed by atoms with E-state index >= 15 is 0 Å². The minimum absolute atomic E-state index is 0.633. The molecule has 0 unspecified atom stereocenters. The summed E-state index contributed by atoms with van der Waals surface area (Å²) in [5.74, 6) is 1.91. The minimum atomic E-state index is 0.633. The SMILES string of the molecule is c1ccc(-c2nc(-c3ccccc3)nc(-c3cccc4c3c3cccc5c3n4c3cccc4oc6ccc7c8ccccc8n5c7c6c43)n2)cc1. The first kappa shape index (κ1) is 26.9. The van der Waals surface area contributed by atoms with Gasteiger partial charge in [0, 0.05) is 38.2 Å². The first-order chi connectivity index (χ1) is 25.3. The summed E-state index contributed by atoms with van der Waals surface area (Å²) in [6, 6.07) is 52.9. The second kappa shape index (κ2) is 9.77. The number of benzene rings is 7. The van der Waals surface area contributed by atoms with Crippen LogP contribution >= 0.6 is 0 Å². The Morgan fingerprint density at radius 3 is 1.71 bits per heavy atom. The van der Waals surface area contributed by atoms with Crippen LogP contribution in [0.3, 0.4) is 0 Å². The van der Waals surface area contributed by atoms with Gasteiger partial charge in [-0.05, 0) is 42.5 Å². The molecule has 7 aromatic carbocycles. The molecular weight excluding hydrogens is 627 g/mol. The number of aromatic nitrogens is 5. The molecule has 0 spiro atoms. The summed E-state index contributed by atoms with van der Waals surface area (Å²) in [5.41, 5.74) is 11.3. The fourth-order valence-electron chi connectivity index (χ4n) is 8.42. The Labute approximate surface area is 289 Å². The van der Waals surface area contributed by atoms with Crippen LogP contribution < -0.4 is 0 Å². The van der Waals surface area contributed by atoms with Crippen LogP contribution in [-0.4, -0.2) is 23.8 Å². The summed E-state index contributed by atoms with van der Waals surface area (Å²) >= 11 is 0. The Morgan fingerprint density at radius 2 is 0.922 bits per heavy atom. The third-order valence-corrected chi connectivity index (χ3v) is 10.5. The fourth-order valence-corrected chi connectivity index (χ4v) is 8.42. The molecule has 0 saturated carbocycles. The van der Waals surface area contributed by atoms with E-state index in [0.29, 0.717) is 17.5 Å².